The van der Waals surface area contributed by atoms with E-state index >= 15 is 0 Å². The fourth-order valence-corrected chi connectivity index (χ4v) is 1.27. The monoisotopic (exact) mass is 261 g/mol. The zero-order chi connectivity index (χ0) is 14.5. The van der Waals surface area contributed by atoms with Gasteiger partial charge in [0.1, 0.15) is 0 Å². The maximum atomic E-state index is 9.49. The quantitative estimate of drug-likeness (QED) is 0.818. The number of phenols is 1. The van der Waals surface area contributed by atoms with Crippen molar-refractivity contribution in [1.29, 1.82) is 0 Å². The first kappa shape index (κ1) is 17.0. The van der Waals surface area contributed by atoms with Crippen molar-refractivity contribution in [2.45, 2.75) is 27.2 Å². The van der Waals surface area contributed by atoms with Gasteiger partial charge < -0.3 is 9.84 Å². The summed E-state index contributed by atoms with van der Waals surface area (Å²) in [7, 11) is 0. The Kier molecular flexibility index (Phi) is 9.90. The van der Waals surface area contributed by atoms with Gasteiger partial charge in [-0.15, -0.1) is 0 Å². The number of rotatable bonds is 5. The molecule has 0 amide bonds. The second-order valence-corrected chi connectivity index (χ2v) is 3.59. The number of phenolic OH excluding ortho intramolecular Hbond substituents is 1. The number of ether oxygens (including phenoxy) is 1. The molecule has 0 aliphatic rings. The lowest BCUT2D eigenvalue weighted by atomic mass is 10.2. The Morgan fingerprint density at radius 2 is 2.11 bits per heavy atom. The minimum atomic E-state index is 0.192. The van der Waals surface area contributed by atoms with Crippen molar-refractivity contribution >= 4 is 12.4 Å². The van der Waals surface area contributed by atoms with Crippen molar-refractivity contribution in [2.24, 2.45) is 0 Å². The van der Waals surface area contributed by atoms with Crippen LogP contribution in [0.1, 0.15) is 32.8 Å². The van der Waals surface area contributed by atoms with E-state index in [0.29, 0.717) is 12.4 Å². The van der Waals surface area contributed by atoms with Crippen molar-refractivity contribution in [1.82, 2.24) is 0 Å². The molecule has 19 heavy (non-hydrogen) atoms. The van der Waals surface area contributed by atoms with E-state index < -0.39 is 0 Å². The maximum Gasteiger partial charge on any atom is 0.225 e. The Balaban J connectivity index is 0.000000459. The fourth-order valence-electron chi connectivity index (χ4n) is 1.27. The van der Waals surface area contributed by atoms with Crippen molar-refractivity contribution in [3.8, 4) is 11.5 Å². The molecule has 0 fully saturated rings. The lowest BCUT2D eigenvalue weighted by Crippen LogP contribution is -1.91. The predicted molar refractivity (Wildman–Crippen MR) is 79.1 cm³/mol. The predicted octanol–water partition coefficient (Wildman–Crippen LogP) is 3.89. The van der Waals surface area contributed by atoms with Gasteiger partial charge in [0.05, 0.1) is 6.61 Å². The SMILES string of the molecule is C/C=C/c1ccc(OCC)c(O)c1.CCC=C[C]=O. The molecule has 0 saturated heterocycles. The van der Waals surface area contributed by atoms with E-state index in [9.17, 15) is 9.90 Å². The summed E-state index contributed by atoms with van der Waals surface area (Å²) in [5.74, 6) is 0.730. The van der Waals surface area contributed by atoms with Crippen molar-refractivity contribution in [2.75, 3.05) is 6.61 Å². The number of allylic oxidation sites excluding steroid dienone is 3. The van der Waals surface area contributed by atoms with Gasteiger partial charge in [-0.3, -0.25) is 4.79 Å². The highest BCUT2D eigenvalue weighted by molar-refractivity contribution is 5.65. The number of aromatic hydroxyl groups is 1. The third-order valence-electron chi connectivity index (χ3n) is 2.06. The average Bonchev–Trinajstić information content (AvgIpc) is 2.41. The molecule has 0 aromatic heterocycles. The summed E-state index contributed by atoms with van der Waals surface area (Å²) in [5, 5.41) is 9.49. The number of hydrogen-bond donors (Lipinski definition) is 1. The molecule has 0 heterocycles. The topological polar surface area (TPSA) is 46.5 Å². The highest BCUT2D eigenvalue weighted by Gasteiger charge is 2.00. The summed E-state index contributed by atoms with van der Waals surface area (Å²) in [4.78, 5) is 9.35. The van der Waals surface area contributed by atoms with E-state index in [1.165, 1.54) is 6.08 Å². The summed E-state index contributed by atoms with van der Waals surface area (Å²) in [6.45, 7) is 6.36. The molecular weight excluding hydrogens is 240 g/mol. The molecule has 1 aromatic carbocycles. The van der Waals surface area contributed by atoms with Gasteiger partial charge in [0, 0.05) is 0 Å². The number of carbonyl (C=O) groups excluding carboxylic acids is 1. The normalized spacial score (nSPS) is 10.3. The summed E-state index contributed by atoms with van der Waals surface area (Å²) in [6.07, 6.45) is 9.53. The molecule has 1 aromatic rings. The molecule has 1 rings (SSSR count). The zero-order valence-electron chi connectivity index (χ0n) is 11.7. The Bertz CT molecular complexity index is 420. The van der Waals surface area contributed by atoms with Gasteiger partial charge in [-0.05, 0) is 44.0 Å². The van der Waals surface area contributed by atoms with Crippen molar-refractivity contribution < 1.29 is 14.6 Å². The van der Waals surface area contributed by atoms with E-state index in [2.05, 4.69) is 0 Å². The maximum absolute atomic E-state index is 9.49. The molecule has 0 bridgehead atoms. The molecule has 3 nitrogen and oxygen atoms in total. The Hall–Kier alpha value is -2.03. The molecule has 0 aliphatic carbocycles. The molecule has 0 saturated carbocycles. The van der Waals surface area contributed by atoms with E-state index in [1.807, 2.05) is 39.0 Å². The Morgan fingerprint density at radius 1 is 1.37 bits per heavy atom. The number of hydrogen-bond acceptors (Lipinski definition) is 3. The smallest absolute Gasteiger partial charge is 0.225 e. The van der Waals surface area contributed by atoms with Crippen LogP contribution in [0.25, 0.3) is 6.08 Å². The standard InChI is InChI=1S/C11H14O2.C5H7O/c1-3-5-9-6-7-11(13-4-2)10(12)8-9;1-2-3-4-5-6/h3,5-8,12H,4H2,1-2H3;3-4H,2H2,1H3/b5-3+;. The molecular formula is C16H21O3. The second-order valence-electron chi connectivity index (χ2n) is 3.59. The van der Waals surface area contributed by atoms with Crippen molar-refractivity contribution in [3.05, 3.63) is 42.0 Å². The second kappa shape index (κ2) is 11.1. The summed E-state index contributed by atoms with van der Waals surface area (Å²) < 4.78 is 5.20. The van der Waals surface area contributed by atoms with Gasteiger partial charge in [-0.2, -0.15) is 0 Å². The first-order valence-corrected chi connectivity index (χ1v) is 6.30. The van der Waals surface area contributed by atoms with Crippen LogP contribution >= 0.6 is 0 Å². The molecule has 0 unspecified atom stereocenters. The highest BCUT2D eigenvalue weighted by Crippen LogP contribution is 2.27. The minimum Gasteiger partial charge on any atom is -0.504 e. The lowest BCUT2D eigenvalue weighted by molar-refractivity contribution is 0.318. The Morgan fingerprint density at radius 3 is 2.53 bits per heavy atom. The first-order chi connectivity index (χ1) is 9.19. The van der Waals surface area contributed by atoms with Crippen LogP contribution < -0.4 is 4.74 Å². The van der Waals surface area contributed by atoms with Gasteiger partial charge in [0.15, 0.2) is 11.5 Å². The van der Waals surface area contributed by atoms with Crippen LogP contribution in [0.3, 0.4) is 0 Å². The first-order valence-electron chi connectivity index (χ1n) is 6.30. The molecule has 0 aliphatic heterocycles. The van der Waals surface area contributed by atoms with Crippen LogP contribution in [-0.4, -0.2) is 18.0 Å². The average molecular weight is 261 g/mol. The highest BCUT2D eigenvalue weighted by atomic mass is 16.5. The van der Waals surface area contributed by atoms with Crippen LogP contribution in [0.5, 0.6) is 11.5 Å². The third kappa shape index (κ3) is 7.82. The Labute approximate surface area is 115 Å². The van der Waals surface area contributed by atoms with Crippen molar-refractivity contribution in [3.63, 3.8) is 0 Å². The molecule has 0 spiro atoms. The van der Waals surface area contributed by atoms with Gasteiger partial charge in [-0.1, -0.05) is 31.2 Å². The van der Waals surface area contributed by atoms with Gasteiger partial charge in [-0.25, -0.2) is 0 Å². The minimum absolute atomic E-state index is 0.192. The van der Waals surface area contributed by atoms with E-state index in [0.717, 1.165) is 12.0 Å². The van der Waals surface area contributed by atoms with Gasteiger partial charge in [0.25, 0.3) is 0 Å². The summed E-state index contributed by atoms with van der Waals surface area (Å²) in [5.41, 5.74) is 0.975. The lowest BCUT2D eigenvalue weighted by Gasteiger charge is -2.05. The molecule has 1 radical (unpaired) electrons. The van der Waals surface area contributed by atoms with E-state index in [4.69, 9.17) is 4.74 Å². The molecule has 3 heteroatoms. The zero-order valence-corrected chi connectivity index (χ0v) is 11.7. The summed E-state index contributed by atoms with van der Waals surface area (Å²) >= 11 is 0. The van der Waals surface area contributed by atoms with Gasteiger partial charge in [0.2, 0.25) is 6.29 Å². The van der Waals surface area contributed by atoms with Gasteiger partial charge >= 0.3 is 0 Å². The molecule has 1 N–H and O–H groups in total. The van der Waals surface area contributed by atoms with Crippen LogP contribution in [0, 0.1) is 0 Å². The largest absolute Gasteiger partial charge is 0.504 e. The summed E-state index contributed by atoms with van der Waals surface area (Å²) in [6, 6.07) is 5.36. The van der Waals surface area contributed by atoms with Crippen LogP contribution in [-0.2, 0) is 4.79 Å². The van der Waals surface area contributed by atoms with Crippen LogP contribution in [0.2, 0.25) is 0 Å². The third-order valence-corrected chi connectivity index (χ3v) is 2.06. The molecule has 0 atom stereocenters. The molecule has 103 valence electrons. The van der Waals surface area contributed by atoms with E-state index in [1.54, 1.807) is 24.5 Å². The fraction of sp³-hybridized carbons (Fsp3) is 0.312. The van der Waals surface area contributed by atoms with E-state index in [-0.39, 0.29) is 5.75 Å². The van der Waals surface area contributed by atoms with Crippen LogP contribution in [0.15, 0.2) is 36.4 Å². The number of benzene rings is 1. The van der Waals surface area contributed by atoms with Crippen LogP contribution in [0.4, 0.5) is 0 Å².